The van der Waals surface area contributed by atoms with E-state index in [9.17, 15) is 14.9 Å². The summed E-state index contributed by atoms with van der Waals surface area (Å²) in [7, 11) is 0. The predicted octanol–water partition coefficient (Wildman–Crippen LogP) is 4.81. The third-order valence-corrected chi connectivity index (χ3v) is 5.53. The van der Waals surface area contributed by atoms with Gasteiger partial charge < -0.3 is 5.32 Å². The number of hydrogen-bond acceptors (Lipinski definition) is 6. The van der Waals surface area contributed by atoms with Crippen LogP contribution in [0.15, 0.2) is 66.3 Å². The first-order valence-corrected chi connectivity index (χ1v) is 10.2. The summed E-state index contributed by atoms with van der Waals surface area (Å²) in [6.45, 7) is 6.00. The highest BCUT2D eigenvalue weighted by Gasteiger charge is 2.21. The summed E-state index contributed by atoms with van der Waals surface area (Å²) < 4.78 is 1.88. The summed E-state index contributed by atoms with van der Waals surface area (Å²) in [5.74, 6) is 0.370. The van der Waals surface area contributed by atoms with E-state index in [0.717, 1.165) is 5.56 Å². The Morgan fingerprint density at radius 3 is 2.70 bits per heavy atom. The van der Waals surface area contributed by atoms with Gasteiger partial charge in [-0.05, 0) is 13.0 Å². The molecule has 1 unspecified atom stereocenters. The number of halogens is 1. The van der Waals surface area contributed by atoms with Crippen molar-refractivity contribution < 1.29 is 9.72 Å². The quantitative estimate of drug-likeness (QED) is 0.232. The number of nitrogens with one attached hydrogen (secondary N) is 1. The maximum atomic E-state index is 12.6. The maximum Gasteiger partial charge on any atom is 0.271 e. The zero-order chi connectivity index (χ0) is 21.7. The molecular weight excluding hydrogens is 426 g/mol. The lowest BCUT2D eigenvalue weighted by Gasteiger charge is -2.13. The number of carbonyl (C=O) groups is 1. The van der Waals surface area contributed by atoms with Crippen molar-refractivity contribution in [1.82, 2.24) is 14.8 Å². The van der Waals surface area contributed by atoms with Crippen LogP contribution >= 0.6 is 23.4 Å². The van der Waals surface area contributed by atoms with Crippen LogP contribution in [0.5, 0.6) is 0 Å². The minimum Gasteiger partial charge on any atom is -0.324 e. The minimum absolute atomic E-state index is 0.0935. The molecular formula is C20H18ClN5O3S. The number of amides is 1. The lowest BCUT2D eigenvalue weighted by atomic mass is 10.2. The van der Waals surface area contributed by atoms with Gasteiger partial charge in [-0.1, -0.05) is 59.8 Å². The number of nitro groups is 1. The summed E-state index contributed by atoms with van der Waals surface area (Å²) >= 11 is 7.30. The van der Waals surface area contributed by atoms with Crippen LogP contribution in [-0.4, -0.2) is 30.8 Å². The van der Waals surface area contributed by atoms with Crippen LogP contribution in [0.2, 0.25) is 5.02 Å². The number of allylic oxidation sites excluding steroid dienone is 1. The molecule has 0 saturated heterocycles. The van der Waals surface area contributed by atoms with Gasteiger partial charge >= 0.3 is 0 Å². The third-order valence-electron chi connectivity index (χ3n) is 4.13. The van der Waals surface area contributed by atoms with Gasteiger partial charge in [0.15, 0.2) is 11.0 Å². The second-order valence-electron chi connectivity index (χ2n) is 6.24. The van der Waals surface area contributed by atoms with Crippen molar-refractivity contribution in [2.24, 2.45) is 0 Å². The third kappa shape index (κ3) is 4.87. The maximum absolute atomic E-state index is 12.6. The number of nitrogens with zero attached hydrogens (tertiary/aromatic N) is 4. The van der Waals surface area contributed by atoms with Crippen LogP contribution in [0, 0.1) is 10.1 Å². The minimum atomic E-state index is -0.549. The highest BCUT2D eigenvalue weighted by Crippen LogP contribution is 2.30. The molecule has 1 N–H and O–H groups in total. The monoisotopic (exact) mass is 443 g/mol. The van der Waals surface area contributed by atoms with Gasteiger partial charge in [0.05, 0.1) is 20.9 Å². The van der Waals surface area contributed by atoms with Gasteiger partial charge in [0, 0.05) is 24.2 Å². The van der Waals surface area contributed by atoms with Crippen LogP contribution < -0.4 is 5.32 Å². The zero-order valence-corrected chi connectivity index (χ0v) is 17.6. The van der Waals surface area contributed by atoms with Gasteiger partial charge in [0.1, 0.15) is 0 Å². The molecule has 0 saturated carbocycles. The smallest absolute Gasteiger partial charge is 0.271 e. The second-order valence-corrected chi connectivity index (χ2v) is 7.96. The summed E-state index contributed by atoms with van der Waals surface area (Å²) in [5, 5.41) is 22.2. The molecule has 1 heterocycles. The van der Waals surface area contributed by atoms with E-state index in [0.29, 0.717) is 23.2 Å². The summed E-state index contributed by atoms with van der Waals surface area (Å²) in [6.07, 6.45) is 1.74. The second kappa shape index (κ2) is 9.55. The van der Waals surface area contributed by atoms with Crippen molar-refractivity contribution in [3.8, 4) is 11.4 Å². The molecule has 8 nitrogen and oxygen atoms in total. The number of nitro benzene ring substituents is 1. The Labute approximate surface area is 182 Å². The standard InChI is InChI=1S/C20H18ClN5O3S/c1-3-11-25-18(14-7-5-4-6-8-14)23-24-20(25)30-13(2)19(27)22-17-10-9-15(26(28)29)12-16(17)21/h3-10,12-13H,1,11H2,2H3,(H,22,27). The van der Waals surface area contributed by atoms with Gasteiger partial charge in [0.2, 0.25) is 5.91 Å². The number of benzene rings is 2. The van der Waals surface area contributed by atoms with Gasteiger partial charge in [-0.3, -0.25) is 19.5 Å². The molecule has 1 aromatic heterocycles. The number of hydrogen-bond donors (Lipinski definition) is 1. The van der Waals surface area contributed by atoms with Crippen LogP contribution in [0.1, 0.15) is 6.92 Å². The van der Waals surface area contributed by atoms with Crippen molar-refractivity contribution in [2.45, 2.75) is 23.9 Å². The van der Waals surface area contributed by atoms with E-state index in [4.69, 9.17) is 11.6 Å². The molecule has 1 amide bonds. The molecule has 0 aliphatic heterocycles. The number of thioether (sulfide) groups is 1. The van der Waals surface area contributed by atoms with Crippen molar-refractivity contribution in [3.63, 3.8) is 0 Å². The Balaban J connectivity index is 1.76. The lowest BCUT2D eigenvalue weighted by molar-refractivity contribution is -0.384. The van der Waals surface area contributed by atoms with E-state index in [1.165, 1.54) is 30.0 Å². The molecule has 3 aromatic rings. The Bertz CT molecular complexity index is 1090. The fourth-order valence-corrected chi connectivity index (χ4v) is 3.72. The number of carbonyl (C=O) groups excluding carboxylic acids is 1. The van der Waals surface area contributed by atoms with Crippen molar-refractivity contribution in [1.29, 1.82) is 0 Å². The molecule has 10 heteroatoms. The van der Waals surface area contributed by atoms with Crippen LogP contribution in [-0.2, 0) is 11.3 Å². The van der Waals surface area contributed by atoms with E-state index >= 15 is 0 Å². The Kier molecular flexibility index (Phi) is 6.86. The molecule has 0 spiro atoms. The van der Waals surface area contributed by atoms with E-state index in [1.54, 1.807) is 13.0 Å². The van der Waals surface area contributed by atoms with E-state index in [1.807, 2.05) is 34.9 Å². The van der Waals surface area contributed by atoms with E-state index in [2.05, 4.69) is 22.1 Å². The predicted molar refractivity (Wildman–Crippen MR) is 118 cm³/mol. The number of rotatable bonds is 8. The molecule has 0 bridgehead atoms. The lowest BCUT2D eigenvalue weighted by Crippen LogP contribution is -2.23. The van der Waals surface area contributed by atoms with E-state index in [-0.39, 0.29) is 16.6 Å². The Morgan fingerprint density at radius 1 is 1.33 bits per heavy atom. The van der Waals surface area contributed by atoms with Gasteiger partial charge in [-0.15, -0.1) is 16.8 Å². The molecule has 30 heavy (non-hydrogen) atoms. The molecule has 1 atom stereocenters. The SMILES string of the molecule is C=CCn1c(SC(C)C(=O)Nc2ccc([N+](=O)[O-])cc2Cl)nnc1-c1ccccc1. The fraction of sp³-hybridized carbons (Fsp3) is 0.150. The average molecular weight is 444 g/mol. The normalized spacial score (nSPS) is 11.7. The first kappa shape index (κ1) is 21.5. The number of non-ortho nitro benzene ring substituents is 1. The fourth-order valence-electron chi connectivity index (χ4n) is 2.64. The highest BCUT2D eigenvalue weighted by atomic mass is 35.5. The largest absolute Gasteiger partial charge is 0.324 e. The number of anilines is 1. The van der Waals surface area contributed by atoms with Crippen molar-refractivity contribution in [3.05, 3.63) is 76.3 Å². The van der Waals surface area contributed by atoms with Gasteiger partial charge in [-0.25, -0.2) is 0 Å². The Hall–Kier alpha value is -3.17. The van der Waals surface area contributed by atoms with Crippen LogP contribution in [0.3, 0.4) is 0 Å². The molecule has 0 aliphatic carbocycles. The average Bonchev–Trinajstić information content (AvgIpc) is 3.12. The highest BCUT2D eigenvalue weighted by molar-refractivity contribution is 8.00. The molecule has 0 aliphatic rings. The van der Waals surface area contributed by atoms with Crippen LogP contribution in [0.4, 0.5) is 11.4 Å². The summed E-state index contributed by atoms with van der Waals surface area (Å²) in [5.41, 5.74) is 1.07. The topological polar surface area (TPSA) is 103 Å². The first-order valence-electron chi connectivity index (χ1n) is 8.91. The van der Waals surface area contributed by atoms with Crippen molar-refractivity contribution in [2.75, 3.05) is 5.32 Å². The zero-order valence-electron chi connectivity index (χ0n) is 16.0. The molecule has 3 rings (SSSR count). The molecule has 0 radical (unpaired) electrons. The van der Waals surface area contributed by atoms with Gasteiger partial charge in [-0.2, -0.15) is 0 Å². The van der Waals surface area contributed by atoms with Crippen molar-refractivity contribution >= 4 is 40.6 Å². The molecule has 2 aromatic carbocycles. The first-order chi connectivity index (χ1) is 14.4. The number of aromatic nitrogens is 3. The van der Waals surface area contributed by atoms with E-state index < -0.39 is 10.2 Å². The van der Waals surface area contributed by atoms with Crippen LogP contribution in [0.25, 0.3) is 11.4 Å². The summed E-state index contributed by atoms with van der Waals surface area (Å²) in [4.78, 5) is 22.9. The molecule has 0 fully saturated rings. The van der Waals surface area contributed by atoms with Gasteiger partial charge in [0.25, 0.3) is 5.69 Å². The molecule has 154 valence electrons. The summed E-state index contributed by atoms with van der Waals surface area (Å²) in [6, 6.07) is 13.5. The Morgan fingerprint density at radius 2 is 2.07 bits per heavy atom.